The van der Waals surface area contributed by atoms with Crippen molar-refractivity contribution in [1.29, 1.82) is 0 Å². The molecule has 0 unspecified atom stereocenters. The van der Waals surface area contributed by atoms with E-state index in [4.69, 9.17) is 9.47 Å². The van der Waals surface area contributed by atoms with Gasteiger partial charge in [-0.1, -0.05) is 0 Å². The number of rotatable bonds is 4. The quantitative estimate of drug-likeness (QED) is 0.851. The van der Waals surface area contributed by atoms with Crippen molar-refractivity contribution >= 4 is 11.3 Å². The third-order valence-corrected chi connectivity index (χ3v) is 6.31. The topological polar surface area (TPSA) is 21.7 Å². The lowest BCUT2D eigenvalue weighted by Crippen LogP contribution is -2.51. The van der Waals surface area contributed by atoms with E-state index in [0.717, 1.165) is 38.8 Å². The number of hydrogen-bond donors (Lipinski definition) is 0. The van der Waals surface area contributed by atoms with Gasteiger partial charge >= 0.3 is 0 Å². The summed E-state index contributed by atoms with van der Waals surface area (Å²) in [5, 5.41) is 2.20. The fraction of sp³-hybridized carbons (Fsp3) is 0.750. The highest BCUT2D eigenvalue weighted by Crippen LogP contribution is 2.43. The van der Waals surface area contributed by atoms with E-state index >= 15 is 0 Å². The smallest absolute Gasteiger partial charge is 0.0847 e. The van der Waals surface area contributed by atoms with Gasteiger partial charge in [-0.2, -0.15) is 0 Å². The summed E-state index contributed by atoms with van der Waals surface area (Å²) in [4.78, 5) is 4.12. The summed E-state index contributed by atoms with van der Waals surface area (Å²) in [5.74, 6) is 0. The van der Waals surface area contributed by atoms with E-state index in [2.05, 4.69) is 23.3 Å². The molecule has 20 heavy (non-hydrogen) atoms. The highest BCUT2D eigenvalue weighted by molar-refractivity contribution is 7.10. The lowest BCUT2D eigenvalue weighted by molar-refractivity contribution is -0.0946. The van der Waals surface area contributed by atoms with Gasteiger partial charge in [0.1, 0.15) is 0 Å². The second kappa shape index (κ2) is 5.76. The van der Waals surface area contributed by atoms with E-state index in [1.54, 1.807) is 0 Å². The molecular weight excluding hydrogens is 270 g/mol. The standard InChI is InChI=1S/C16H25NO2S/c1-12-5-9-20-14(12)11-17-8-7-16(19-3)6-4-13(18-2)10-15(16)17/h5,9,13,15H,4,6-8,10-11H2,1-3H3/t13-,15-,16+/m0/s1. The highest BCUT2D eigenvalue weighted by Gasteiger charge is 2.51. The fourth-order valence-electron chi connectivity index (χ4n) is 3.91. The van der Waals surface area contributed by atoms with Crippen LogP contribution >= 0.6 is 11.3 Å². The minimum absolute atomic E-state index is 0.0696. The van der Waals surface area contributed by atoms with Crippen molar-refractivity contribution in [3.05, 3.63) is 21.9 Å². The van der Waals surface area contributed by atoms with Gasteiger partial charge in [-0.15, -0.1) is 11.3 Å². The number of fused-ring (bicyclic) bond motifs is 1. The van der Waals surface area contributed by atoms with Crippen molar-refractivity contribution < 1.29 is 9.47 Å². The van der Waals surface area contributed by atoms with Crippen LogP contribution in [0.25, 0.3) is 0 Å². The van der Waals surface area contributed by atoms with Gasteiger partial charge in [-0.25, -0.2) is 0 Å². The average Bonchev–Trinajstić information content (AvgIpc) is 3.04. The molecule has 0 spiro atoms. The molecule has 1 aliphatic heterocycles. The van der Waals surface area contributed by atoms with Crippen LogP contribution in [0.4, 0.5) is 0 Å². The van der Waals surface area contributed by atoms with Crippen LogP contribution in [0.15, 0.2) is 11.4 Å². The van der Waals surface area contributed by atoms with Crippen LogP contribution in [0, 0.1) is 6.92 Å². The number of methoxy groups -OCH3 is 2. The second-order valence-electron chi connectivity index (χ2n) is 6.16. The van der Waals surface area contributed by atoms with Crippen LogP contribution in [0.3, 0.4) is 0 Å². The van der Waals surface area contributed by atoms with Crippen LogP contribution in [0.2, 0.25) is 0 Å². The Bertz CT molecular complexity index is 461. The zero-order valence-electron chi connectivity index (χ0n) is 12.7. The number of thiophene rings is 1. The molecule has 2 aliphatic rings. The maximum atomic E-state index is 5.98. The molecule has 3 nitrogen and oxygen atoms in total. The normalized spacial score (nSPS) is 34.4. The van der Waals surface area contributed by atoms with E-state index in [1.165, 1.54) is 10.4 Å². The monoisotopic (exact) mass is 295 g/mol. The van der Waals surface area contributed by atoms with Crippen molar-refractivity contribution in [3.63, 3.8) is 0 Å². The van der Waals surface area contributed by atoms with Gasteiger partial charge in [0.25, 0.3) is 0 Å². The van der Waals surface area contributed by atoms with Crippen LogP contribution in [-0.2, 0) is 16.0 Å². The fourth-order valence-corrected chi connectivity index (χ4v) is 4.84. The molecule has 3 atom stereocenters. The second-order valence-corrected chi connectivity index (χ2v) is 7.16. The molecule has 0 bridgehead atoms. The van der Waals surface area contributed by atoms with Gasteiger partial charge in [0, 0.05) is 38.2 Å². The molecule has 1 aromatic heterocycles. The van der Waals surface area contributed by atoms with Crippen molar-refractivity contribution in [3.8, 4) is 0 Å². The van der Waals surface area contributed by atoms with Crippen molar-refractivity contribution in [2.45, 2.75) is 56.9 Å². The van der Waals surface area contributed by atoms with Crippen molar-refractivity contribution in [2.24, 2.45) is 0 Å². The Morgan fingerprint density at radius 2 is 2.25 bits per heavy atom. The molecule has 1 aliphatic carbocycles. The molecule has 1 saturated heterocycles. The maximum Gasteiger partial charge on any atom is 0.0847 e. The Balaban J connectivity index is 1.77. The minimum Gasteiger partial charge on any atom is -0.381 e. The molecule has 3 rings (SSSR count). The minimum atomic E-state index is 0.0696. The van der Waals surface area contributed by atoms with Gasteiger partial charge in [0.2, 0.25) is 0 Å². The molecule has 0 N–H and O–H groups in total. The predicted octanol–water partition coefficient (Wildman–Crippen LogP) is 3.21. The van der Waals surface area contributed by atoms with E-state index < -0.39 is 0 Å². The summed E-state index contributed by atoms with van der Waals surface area (Å²) < 4.78 is 11.6. The van der Waals surface area contributed by atoms with Crippen LogP contribution in [0.5, 0.6) is 0 Å². The molecule has 2 fully saturated rings. The predicted molar refractivity (Wildman–Crippen MR) is 82.3 cm³/mol. The Labute approximate surface area is 125 Å². The SMILES string of the molecule is CO[C@H]1CC[C@@]2(OC)CCN(Cc3sccc3C)[C@H]2C1. The third kappa shape index (κ3) is 2.43. The lowest BCUT2D eigenvalue weighted by Gasteiger charge is -2.43. The van der Waals surface area contributed by atoms with Crippen molar-refractivity contribution in [2.75, 3.05) is 20.8 Å². The summed E-state index contributed by atoms with van der Waals surface area (Å²) in [5.41, 5.74) is 1.49. The van der Waals surface area contributed by atoms with Gasteiger partial charge in [-0.05, 0) is 49.6 Å². The molecule has 2 heterocycles. The van der Waals surface area contributed by atoms with E-state index in [0.29, 0.717) is 12.1 Å². The van der Waals surface area contributed by atoms with Crippen LogP contribution in [0.1, 0.15) is 36.1 Å². The number of hydrogen-bond acceptors (Lipinski definition) is 4. The van der Waals surface area contributed by atoms with E-state index in [-0.39, 0.29) is 5.60 Å². The largest absolute Gasteiger partial charge is 0.381 e. The summed E-state index contributed by atoms with van der Waals surface area (Å²) in [6.45, 7) is 4.42. The average molecular weight is 295 g/mol. The van der Waals surface area contributed by atoms with Gasteiger partial charge in [0.15, 0.2) is 0 Å². The van der Waals surface area contributed by atoms with Gasteiger partial charge < -0.3 is 9.47 Å². The van der Waals surface area contributed by atoms with Crippen LogP contribution < -0.4 is 0 Å². The summed E-state index contributed by atoms with van der Waals surface area (Å²) >= 11 is 1.88. The first-order valence-corrected chi connectivity index (χ1v) is 8.41. The summed E-state index contributed by atoms with van der Waals surface area (Å²) in [6, 6.07) is 2.73. The van der Waals surface area contributed by atoms with E-state index in [9.17, 15) is 0 Å². The molecule has 112 valence electrons. The zero-order chi connectivity index (χ0) is 14.2. The molecule has 0 radical (unpaired) electrons. The number of likely N-dealkylation sites (tertiary alicyclic amines) is 1. The summed E-state index contributed by atoms with van der Waals surface area (Å²) in [7, 11) is 3.73. The number of aryl methyl sites for hydroxylation is 1. The highest BCUT2D eigenvalue weighted by atomic mass is 32.1. The van der Waals surface area contributed by atoms with Gasteiger partial charge in [0.05, 0.1) is 11.7 Å². The first kappa shape index (κ1) is 14.5. The Kier molecular flexibility index (Phi) is 4.18. The summed E-state index contributed by atoms with van der Waals surface area (Å²) in [6.07, 6.45) is 4.93. The molecule has 1 saturated carbocycles. The molecule has 4 heteroatoms. The Morgan fingerprint density at radius 1 is 1.40 bits per heavy atom. The lowest BCUT2D eigenvalue weighted by atomic mass is 9.79. The maximum absolute atomic E-state index is 5.98. The van der Waals surface area contributed by atoms with Crippen molar-refractivity contribution in [1.82, 2.24) is 4.90 Å². The zero-order valence-corrected chi connectivity index (χ0v) is 13.5. The number of nitrogens with zero attached hydrogens (tertiary/aromatic N) is 1. The van der Waals surface area contributed by atoms with E-state index in [1.807, 2.05) is 25.6 Å². The van der Waals surface area contributed by atoms with Gasteiger partial charge in [-0.3, -0.25) is 4.90 Å². The third-order valence-electron chi connectivity index (χ3n) is 5.30. The molecular formula is C16H25NO2S. The first-order chi connectivity index (χ1) is 9.68. The molecule has 1 aromatic rings. The Hall–Kier alpha value is -0.420. The Morgan fingerprint density at radius 3 is 2.90 bits per heavy atom. The van der Waals surface area contributed by atoms with Crippen LogP contribution in [-0.4, -0.2) is 43.4 Å². The molecule has 0 aromatic carbocycles. The molecule has 0 amide bonds. The first-order valence-electron chi connectivity index (χ1n) is 7.53. The number of ether oxygens (including phenoxy) is 2.